The van der Waals surface area contributed by atoms with E-state index in [0.717, 1.165) is 0 Å². The van der Waals surface area contributed by atoms with Crippen LogP contribution in [-0.2, 0) is 4.74 Å². The Labute approximate surface area is 68.6 Å². The maximum Gasteiger partial charge on any atom is 0.219 e. The Balaban J connectivity index is 2.72. The third-order valence-corrected chi connectivity index (χ3v) is 1.93. The average molecular weight is 192 g/mol. The SMILES string of the molecule is O[14CH2][14C@H]1O[14C@](O)([14CH2]O)[14C@@H](O)[14C@@H]1O. The maximum atomic E-state index is 9.25. The van der Waals surface area contributed by atoms with Crippen molar-refractivity contribution in [2.75, 3.05) is 13.2 Å². The average Bonchev–Trinajstić information content (AvgIpc) is 2.31. The van der Waals surface area contributed by atoms with Crippen LogP contribution in [0.2, 0.25) is 0 Å². The Bertz CT molecular complexity index is 162. The molecular weight excluding hydrogens is 180 g/mol. The van der Waals surface area contributed by atoms with Crippen LogP contribution in [0.3, 0.4) is 0 Å². The topological polar surface area (TPSA) is 110 Å². The molecule has 1 saturated heterocycles. The molecule has 12 heavy (non-hydrogen) atoms. The van der Waals surface area contributed by atoms with Crippen molar-refractivity contribution in [2.24, 2.45) is 0 Å². The lowest BCUT2D eigenvalue weighted by atomic mass is 12.0. The molecule has 0 amide bonds. The number of ether oxygens (including phenoxy) is 1. The summed E-state index contributed by atoms with van der Waals surface area (Å²) in [6, 6.07) is 0. The lowest BCUT2D eigenvalue weighted by Gasteiger charge is -2.22. The normalized spacial score (nSPS) is 48.2. The van der Waals surface area contributed by atoms with E-state index in [1.807, 2.05) is 0 Å². The number of aliphatic hydroxyl groups excluding tert-OH is 4. The second kappa shape index (κ2) is 3.25. The Morgan fingerprint density at radius 1 is 1.25 bits per heavy atom. The summed E-state index contributed by atoms with van der Waals surface area (Å²) in [4.78, 5) is 0. The van der Waals surface area contributed by atoms with Gasteiger partial charge in [-0.1, -0.05) is 0 Å². The molecule has 1 heterocycles. The molecule has 6 heteroatoms. The summed E-state index contributed by atoms with van der Waals surface area (Å²) in [5.74, 6) is -2.16. The molecule has 0 saturated carbocycles. The Kier molecular flexibility index (Phi) is 2.67. The molecule has 0 radical (unpaired) electrons. The summed E-state index contributed by atoms with van der Waals surface area (Å²) in [5.41, 5.74) is 0. The molecule has 0 aromatic heterocycles. The minimum atomic E-state index is -2.16. The summed E-state index contributed by atoms with van der Waals surface area (Å²) in [6.07, 6.45) is -4.04. The largest absolute Gasteiger partial charge is 0.394 e. The maximum absolute atomic E-state index is 9.25. The highest BCUT2D eigenvalue weighted by atomic mass is 17.2. The summed E-state index contributed by atoms with van der Waals surface area (Å²) in [5, 5.41) is 44.7. The molecule has 0 aromatic rings. The van der Waals surface area contributed by atoms with Gasteiger partial charge in [0.25, 0.3) is 0 Å². The lowest BCUT2D eigenvalue weighted by molar-refractivity contribution is -0.248. The molecule has 0 aromatic carbocycles. The Morgan fingerprint density at radius 3 is 2.08 bits per heavy atom. The van der Waals surface area contributed by atoms with E-state index in [1.54, 1.807) is 0 Å². The van der Waals surface area contributed by atoms with Crippen LogP contribution in [-0.4, -0.2) is 62.8 Å². The Morgan fingerprint density at radius 2 is 1.83 bits per heavy atom. The fraction of sp³-hybridized carbons (Fsp3) is 1.00. The number of hydrogen-bond acceptors (Lipinski definition) is 6. The molecule has 0 aliphatic carbocycles. The smallest absolute Gasteiger partial charge is 0.219 e. The molecule has 0 unspecified atom stereocenters. The van der Waals surface area contributed by atoms with Gasteiger partial charge >= 0.3 is 0 Å². The first-order valence-corrected chi connectivity index (χ1v) is 3.53. The zero-order chi connectivity index (χ0) is 9.35. The van der Waals surface area contributed by atoms with Crippen LogP contribution in [0.5, 0.6) is 0 Å². The van der Waals surface area contributed by atoms with Gasteiger partial charge in [0.15, 0.2) is 0 Å². The van der Waals surface area contributed by atoms with Crippen LogP contribution in [0.15, 0.2) is 0 Å². The molecule has 1 aliphatic rings. The van der Waals surface area contributed by atoms with Gasteiger partial charge in [0.1, 0.15) is 18.3 Å². The van der Waals surface area contributed by atoms with Crippen molar-refractivity contribution < 1.29 is 30.3 Å². The quantitative estimate of drug-likeness (QED) is 0.315. The molecule has 1 rings (SSSR count). The highest BCUT2D eigenvalue weighted by molar-refractivity contribution is 4.94. The first-order valence-electron chi connectivity index (χ1n) is 3.53. The Hall–Kier alpha value is -0.240. The van der Waals surface area contributed by atoms with Gasteiger partial charge in [-0.25, -0.2) is 0 Å². The first-order chi connectivity index (χ1) is 5.55. The second-order valence-electron chi connectivity index (χ2n) is 2.78. The molecule has 5 N–H and O–H groups in total. The van der Waals surface area contributed by atoms with Gasteiger partial charge in [-0.2, -0.15) is 0 Å². The van der Waals surface area contributed by atoms with Crippen molar-refractivity contribution in [2.45, 2.75) is 24.1 Å². The van der Waals surface area contributed by atoms with Gasteiger partial charge in [0.2, 0.25) is 5.79 Å². The summed E-state index contributed by atoms with van der Waals surface area (Å²) in [7, 11) is 0. The number of aliphatic hydroxyl groups is 5. The number of rotatable bonds is 2. The van der Waals surface area contributed by atoms with E-state index in [0.29, 0.717) is 0 Å². The van der Waals surface area contributed by atoms with Crippen LogP contribution >= 0.6 is 0 Å². The van der Waals surface area contributed by atoms with Crippen LogP contribution in [0.25, 0.3) is 0 Å². The minimum Gasteiger partial charge on any atom is -0.394 e. The van der Waals surface area contributed by atoms with Gasteiger partial charge in [-0.3, -0.25) is 0 Å². The van der Waals surface area contributed by atoms with Gasteiger partial charge in [-0.05, 0) is 0 Å². The van der Waals surface area contributed by atoms with E-state index in [2.05, 4.69) is 4.74 Å². The molecule has 4 atom stereocenters. The summed E-state index contributed by atoms with van der Waals surface area (Å²) in [6.45, 7) is -1.36. The van der Waals surface area contributed by atoms with Crippen LogP contribution in [0.4, 0.5) is 0 Å². The van der Waals surface area contributed by atoms with Crippen LogP contribution in [0.1, 0.15) is 0 Å². The fourth-order valence-corrected chi connectivity index (χ4v) is 1.15. The van der Waals surface area contributed by atoms with Crippen molar-refractivity contribution in [3.63, 3.8) is 0 Å². The van der Waals surface area contributed by atoms with E-state index in [4.69, 9.17) is 20.4 Å². The third-order valence-electron chi connectivity index (χ3n) is 1.93. The van der Waals surface area contributed by atoms with Crippen molar-refractivity contribution >= 4 is 0 Å². The van der Waals surface area contributed by atoms with E-state index in [-0.39, 0.29) is 0 Å². The molecule has 0 bridgehead atoms. The lowest BCUT2D eigenvalue weighted by Crippen LogP contribution is -2.46. The summed E-state index contributed by atoms with van der Waals surface area (Å²) >= 11 is 0. The van der Waals surface area contributed by atoms with Crippen LogP contribution < -0.4 is 0 Å². The van der Waals surface area contributed by atoms with E-state index in [1.165, 1.54) is 0 Å². The molecule has 0 spiro atoms. The van der Waals surface area contributed by atoms with E-state index >= 15 is 0 Å². The van der Waals surface area contributed by atoms with Gasteiger partial charge in [-0.15, -0.1) is 0 Å². The predicted molar refractivity (Wildman–Crippen MR) is 36.0 cm³/mol. The van der Waals surface area contributed by atoms with E-state index in [9.17, 15) is 5.11 Å². The zero-order valence-corrected chi connectivity index (χ0v) is 6.29. The zero-order valence-electron chi connectivity index (χ0n) is 6.29. The van der Waals surface area contributed by atoms with Crippen molar-refractivity contribution in [3.8, 4) is 0 Å². The molecule has 1 aliphatic heterocycles. The minimum absolute atomic E-state index is 0.527. The molecule has 6 nitrogen and oxygen atoms in total. The van der Waals surface area contributed by atoms with Crippen molar-refractivity contribution in [1.82, 2.24) is 0 Å². The molecule has 1 fully saturated rings. The van der Waals surface area contributed by atoms with Crippen molar-refractivity contribution in [1.29, 1.82) is 0 Å². The fourth-order valence-electron chi connectivity index (χ4n) is 1.15. The van der Waals surface area contributed by atoms with Gasteiger partial charge < -0.3 is 30.3 Å². The first kappa shape index (κ1) is 9.85. The standard InChI is InChI=1S/C6H12O6/c7-1-3-4(9)5(10)6(11,2-8)12-3/h3-5,7-11H,1-2H2/t3-,4-,5+,6-/m1/s1/i1+2,2+2,3+2,4+2,5+2,6+2. The van der Waals surface area contributed by atoms with Crippen molar-refractivity contribution in [3.05, 3.63) is 0 Å². The predicted octanol–water partition coefficient (Wildman–Crippen LogP) is -3.22. The summed E-state index contributed by atoms with van der Waals surface area (Å²) < 4.78 is 4.63. The van der Waals surface area contributed by atoms with E-state index < -0.39 is 37.3 Å². The highest BCUT2D eigenvalue weighted by Gasteiger charge is 2.52. The monoisotopic (exact) mass is 192 g/mol. The third kappa shape index (κ3) is 1.33. The second-order valence-corrected chi connectivity index (χ2v) is 2.78. The van der Waals surface area contributed by atoms with Crippen LogP contribution in [0, 0.1) is 0 Å². The molecular formula is C6H12O6. The molecule has 72 valence electrons. The van der Waals surface area contributed by atoms with Gasteiger partial charge in [0.05, 0.1) is 13.2 Å². The highest BCUT2D eigenvalue weighted by Crippen LogP contribution is 2.28. The van der Waals surface area contributed by atoms with Gasteiger partial charge in [0, 0.05) is 0 Å². The number of hydrogen-bond donors (Lipinski definition) is 5.